The average Bonchev–Trinajstić information content (AvgIpc) is 3.08. The van der Waals surface area contributed by atoms with Gasteiger partial charge in [0.05, 0.1) is 5.39 Å². The molecule has 1 aliphatic carbocycles. The molecule has 10 heteroatoms. The molecule has 36 heavy (non-hydrogen) atoms. The third kappa shape index (κ3) is 3.72. The molecule has 1 aliphatic heterocycles. The average molecular weight is 504 g/mol. The minimum atomic E-state index is -0.615. The molecule has 4 N–H and O–H groups in total. The Morgan fingerprint density at radius 2 is 1.92 bits per heavy atom. The minimum Gasteiger partial charge on any atom is -0.394 e. The van der Waals surface area contributed by atoms with Gasteiger partial charge in [-0.25, -0.2) is 4.98 Å². The number of nitrogen functional groups attached to an aromatic ring is 1. The van der Waals surface area contributed by atoms with Crippen LogP contribution in [0.5, 0.6) is 0 Å². The molecule has 2 aromatic carbocycles. The molecule has 6 rings (SSSR count). The van der Waals surface area contributed by atoms with E-state index in [1.54, 1.807) is 0 Å². The van der Waals surface area contributed by atoms with Crippen molar-refractivity contribution in [2.45, 2.75) is 51.6 Å². The first-order chi connectivity index (χ1) is 17.4. The number of rotatable bonds is 4. The molecule has 0 spiro atoms. The second kappa shape index (κ2) is 8.70. The van der Waals surface area contributed by atoms with Gasteiger partial charge in [0, 0.05) is 24.5 Å². The van der Waals surface area contributed by atoms with E-state index in [9.17, 15) is 19.2 Å². The Bertz CT molecular complexity index is 1660. The standard InChI is InChI=1S/C26H25N5O4S/c27-19-20(22(33)21(19)32)31-9-8-14-7-6-13(10-15(14)12-31)11-28-25(35)23-29-24(34)18-16-4-2-1-3-5-17(16)36-26(18)30-23/h6-7,10H,1-5,8-9,11-12,27H2,(H,28,35)(H,29,30,34). The van der Waals surface area contributed by atoms with Crippen LogP contribution < -0.4 is 32.4 Å². The molecule has 3 heterocycles. The lowest BCUT2D eigenvalue weighted by molar-refractivity contribution is 0.0940. The molecule has 0 unspecified atom stereocenters. The monoisotopic (exact) mass is 503 g/mol. The summed E-state index contributed by atoms with van der Waals surface area (Å²) in [6, 6.07) is 5.96. The summed E-state index contributed by atoms with van der Waals surface area (Å²) in [5, 5.41) is 3.49. The van der Waals surface area contributed by atoms with Crippen LogP contribution in [0.2, 0.25) is 0 Å². The molecule has 9 nitrogen and oxygen atoms in total. The van der Waals surface area contributed by atoms with E-state index < -0.39 is 16.8 Å². The second-order valence-electron chi connectivity index (χ2n) is 9.54. The summed E-state index contributed by atoms with van der Waals surface area (Å²) in [5.41, 5.74) is 8.85. The number of aromatic amines is 1. The molecule has 2 aromatic heterocycles. The minimum absolute atomic E-state index is 0.0172. The lowest BCUT2D eigenvalue weighted by atomic mass is 9.96. The van der Waals surface area contributed by atoms with Crippen molar-refractivity contribution in [1.82, 2.24) is 15.3 Å². The van der Waals surface area contributed by atoms with E-state index in [1.165, 1.54) is 22.6 Å². The summed E-state index contributed by atoms with van der Waals surface area (Å²) in [5.74, 6) is -0.419. The van der Waals surface area contributed by atoms with Crippen molar-refractivity contribution in [3.63, 3.8) is 0 Å². The summed E-state index contributed by atoms with van der Waals surface area (Å²) in [7, 11) is 0. The lowest BCUT2D eigenvalue weighted by Crippen LogP contribution is -2.44. The predicted octanol–water partition coefficient (Wildman–Crippen LogP) is 1.92. The van der Waals surface area contributed by atoms with Crippen LogP contribution in [-0.4, -0.2) is 22.4 Å². The van der Waals surface area contributed by atoms with Crippen LogP contribution in [0.4, 0.5) is 11.4 Å². The summed E-state index contributed by atoms with van der Waals surface area (Å²) >= 11 is 1.52. The molecular weight excluding hydrogens is 478 g/mol. The van der Waals surface area contributed by atoms with Gasteiger partial charge in [0.2, 0.25) is 5.82 Å². The maximum Gasteiger partial charge on any atom is 0.287 e. The van der Waals surface area contributed by atoms with Gasteiger partial charge in [0.15, 0.2) is 0 Å². The van der Waals surface area contributed by atoms with E-state index in [4.69, 9.17) is 5.73 Å². The molecule has 0 saturated heterocycles. The first kappa shape index (κ1) is 22.7. The van der Waals surface area contributed by atoms with Crippen LogP contribution in [-0.2, 0) is 32.4 Å². The Hall–Kier alpha value is -3.79. The van der Waals surface area contributed by atoms with Gasteiger partial charge in [-0.1, -0.05) is 24.6 Å². The first-order valence-corrected chi connectivity index (χ1v) is 13.0. The van der Waals surface area contributed by atoms with E-state index in [1.807, 2.05) is 23.1 Å². The molecule has 0 saturated carbocycles. The van der Waals surface area contributed by atoms with Crippen LogP contribution >= 0.6 is 11.3 Å². The number of thiophene rings is 1. The van der Waals surface area contributed by atoms with Gasteiger partial charge in [-0.05, 0) is 54.4 Å². The summed E-state index contributed by atoms with van der Waals surface area (Å²) in [6.45, 7) is 1.35. The Morgan fingerprint density at radius 3 is 2.75 bits per heavy atom. The van der Waals surface area contributed by atoms with Gasteiger partial charge in [-0.15, -0.1) is 11.3 Å². The van der Waals surface area contributed by atoms with E-state index in [2.05, 4.69) is 15.3 Å². The fraction of sp³-hybridized carbons (Fsp3) is 0.346. The van der Waals surface area contributed by atoms with Gasteiger partial charge in [-0.2, -0.15) is 0 Å². The van der Waals surface area contributed by atoms with Crippen LogP contribution in [0.15, 0.2) is 32.6 Å². The number of amides is 1. The Labute approximate surface area is 209 Å². The SMILES string of the molecule is Nc1c(N2CCc3ccc(CNC(=O)c4nc5sc6c(c5c(=O)[nH]4)CCCCC6)cc3C2)c(=O)c1=O. The van der Waals surface area contributed by atoms with Gasteiger partial charge in [-0.3, -0.25) is 19.2 Å². The molecule has 2 aliphatic rings. The fourth-order valence-electron chi connectivity index (χ4n) is 5.34. The summed E-state index contributed by atoms with van der Waals surface area (Å²) in [4.78, 5) is 60.0. The Morgan fingerprint density at radius 1 is 1.08 bits per heavy atom. The molecular formula is C26H25N5O4S. The zero-order valence-corrected chi connectivity index (χ0v) is 20.4. The summed E-state index contributed by atoms with van der Waals surface area (Å²) < 4.78 is 0. The van der Waals surface area contributed by atoms with Crippen LogP contribution in [0, 0.1) is 0 Å². The van der Waals surface area contributed by atoms with Gasteiger partial charge < -0.3 is 20.9 Å². The van der Waals surface area contributed by atoms with E-state index >= 15 is 0 Å². The molecule has 0 atom stereocenters. The maximum absolute atomic E-state index is 12.9. The van der Waals surface area contributed by atoms with Crippen molar-refractivity contribution >= 4 is 38.8 Å². The van der Waals surface area contributed by atoms with E-state index in [-0.39, 0.29) is 23.6 Å². The number of hydrogen-bond acceptors (Lipinski definition) is 8. The van der Waals surface area contributed by atoms with Crippen LogP contribution in [0.3, 0.4) is 0 Å². The number of anilines is 2. The van der Waals surface area contributed by atoms with Crippen molar-refractivity contribution in [2.75, 3.05) is 17.2 Å². The third-order valence-electron chi connectivity index (χ3n) is 7.26. The highest BCUT2D eigenvalue weighted by Crippen LogP contribution is 2.33. The van der Waals surface area contributed by atoms with Crippen molar-refractivity contribution in [1.29, 1.82) is 0 Å². The van der Waals surface area contributed by atoms with Gasteiger partial charge >= 0.3 is 0 Å². The normalized spacial score (nSPS) is 15.5. The number of benzene rings is 1. The summed E-state index contributed by atoms with van der Waals surface area (Å²) in [6.07, 6.45) is 5.92. The number of nitrogens with zero attached hydrogens (tertiary/aromatic N) is 2. The molecule has 0 fully saturated rings. The van der Waals surface area contributed by atoms with Gasteiger partial charge in [0.1, 0.15) is 16.2 Å². The lowest BCUT2D eigenvalue weighted by Gasteiger charge is -2.32. The number of carbonyl (C=O) groups excluding carboxylic acids is 1. The van der Waals surface area contributed by atoms with Crippen molar-refractivity contribution in [3.05, 3.63) is 82.0 Å². The number of hydrogen-bond donors (Lipinski definition) is 3. The Balaban J connectivity index is 1.18. The fourth-order valence-corrected chi connectivity index (χ4v) is 6.60. The Kier molecular flexibility index (Phi) is 5.48. The number of fused-ring (bicyclic) bond motifs is 4. The van der Waals surface area contributed by atoms with Crippen molar-refractivity contribution in [2.24, 2.45) is 0 Å². The smallest absolute Gasteiger partial charge is 0.287 e. The zero-order valence-electron chi connectivity index (χ0n) is 19.6. The molecule has 4 aromatic rings. The topological polar surface area (TPSA) is 138 Å². The van der Waals surface area contributed by atoms with E-state index in [0.29, 0.717) is 29.0 Å². The van der Waals surface area contributed by atoms with Crippen molar-refractivity contribution in [3.8, 4) is 0 Å². The highest BCUT2D eigenvalue weighted by Gasteiger charge is 2.27. The van der Waals surface area contributed by atoms with E-state index in [0.717, 1.165) is 54.4 Å². The number of nitrogens with one attached hydrogen (secondary N) is 2. The number of nitrogens with two attached hydrogens (primary N) is 1. The molecule has 0 bridgehead atoms. The quantitative estimate of drug-likeness (QED) is 0.286. The molecule has 184 valence electrons. The van der Waals surface area contributed by atoms with Gasteiger partial charge in [0.25, 0.3) is 22.3 Å². The predicted molar refractivity (Wildman–Crippen MR) is 140 cm³/mol. The number of aryl methyl sites for hydroxylation is 2. The third-order valence-corrected chi connectivity index (χ3v) is 8.45. The first-order valence-electron chi connectivity index (χ1n) is 12.2. The number of aromatic nitrogens is 2. The van der Waals surface area contributed by atoms with Crippen LogP contribution in [0.1, 0.15) is 57.0 Å². The molecule has 0 radical (unpaired) electrons. The zero-order chi connectivity index (χ0) is 25.0. The highest BCUT2D eigenvalue weighted by atomic mass is 32.1. The van der Waals surface area contributed by atoms with Crippen molar-refractivity contribution < 1.29 is 4.79 Å². The number of carbonyl (C=O) groups is 1. The largest absolute Gasteiger partial charge is 0.394 e. The highest BCUT2D eigenvalue weighted by molar-refractivity contribution is 7.18. The number of H-pyrrole nitrogens is 1. The molecule has 1 amide bonds. The van der Waals surface area contributed by atoms with Crippen LogP contribution in [0.25, 0.3) is 10.2 Å². The second-order valence-corrected chi connectivity index (χ2v) is 10.6. The maximum atomic E-state index is 12.9.